The van der Waals surface area contributed by atoms with Crippen LogP contribution in [-0.4, -0.2) is 18.1 Å². The fourth-order valence-corrected chi connectivity index (χ4v) is 3.78. The Morgan fingerprint density at radius 3 is 2.74 bits per heavy atom. The Bertz CT molecular complexity index is 555. The molecule has 100 valence electrons. The summed E-state index contributed by atoms with van der Waals surface area (Å²) in [4.78, 5) is 4.42. The summed E-state index contributed by atoms with van der Waals surface area (Å²) in [6.45, 7) is 1.88. The maximum Gasteiger partial charge on any atom is 0.123 e. The lowest BCUT2D eigenvalue weighted by atomic mass is 9.82. The van der Waals surface area contributed by atoms with Crippen LogP contribution in [0.25, 0.3) is 0 Å². The average molecular weight is 297 g/mol. The number of halogens is 2. The zero-order valence-corrected chi connectivity index (χ0v) is 11.8. The van der Waals surface area contributed by atoms with Crippen LogP contribution in [0.4, 0.5) is 4.39 Å². The molecule has 0 spiro atoms. The van der Waals surface area contributed by atoms with Gasteiger partial charge in [-0.25, -0.2) is 9.37 Å². The van der Waals surface area contributed by atoms with Crippen molar-refractivity contribution in [2.45, 2.75) is 18.3 Å². The van der Waals surface area contributed by atoms with Gasteiger partial charge in [0.05, 0.1) is 11.2 Å². The Morgan fingerprint density at radius 1 is 1.26 bits per heavy atom. The minimum Gasteiger partial charge on any atom is -0.316 e. The molecule has 2 aromatic rings. The number of nitrogens with one attached hydrogen (secondary N) is 1. The highest BCUT2D eigenvalue weighted by Gasteiger charge is 2.29. The molecule has 0 bridgehead atoms. The molecule has 1 aromatic heterocycles. The van der Waals surface area contributed by atoms with E-state index in [0.717, 1.165) is 34.4 Å². The zero-order chi connectivity index (χ0) is 13.2. The van der Waals surface area contributed by atoms with E-state index in [2.05, 4.69) is 10.3 Å². The lowest BCUT2D eigenvalue weighted by Gasteiger charge is -2.31. The molecule has 1 aliphatic rings. The Hall–Kier alpha value is -0.970. The summed E-state index contributed by atoms with van der Waals surface area (Å²) in [5.74, 6) is 0.502. The standard InChI is InChI=1S/C14H14ClFN2S/c15-13-8-18-14(19-13)11-5-6-17-7-12(11)9-1-3-10(16)4-2-9/h1-4,8,11-12,17H,5-7H2. The van der Waals surface area contributed by atoms with Crippen LogP contribution in [-0.2, 0) is 0 Å². The highest BCUT2D eigenvalue weighted by molar-refractivity contribution is 7.15. The van der Waals surface area contributed by atoms with E-state index in [1.54, 1.807) is 17.5 Å². The first-order chi connectivity index (χ1) is 9.24. The van der Waals surface area contributed by atoms with Gasteiger partial charge < -0.3 is 5.32 Å². The van der Waals surface area contributed by atoms with E-state index in [9.17, 15) is 4.39 Å². The second-order valence-corrected chi connectivity index (χ2v) is 6.45. The Kier molecular flexibility index (Phi) is 3.82. The van der Waals surface area contributed by atoms with E-state index >= 15 is 0 Å². The van der Waals surface area contributed by atoms with Gasteiger partial charge in [-0.05, 0) is 30.7 Å². The molecule has 3 rings (SSSR count). The predicted octanol–water partition coefficient (Wildman–Crippen LogP) is 3.80. The Balaban J connectivity index is 1.90. The second-order valence-electron chi connectivity index (χ2n) is 4.76. The molecular weight excluding hydrogens is 283 g/mol. The third kappa shape index (κ3) is 2.81. The summed E-state index contributed by atoms with van der Waals surface area (Å²) in [5.41, 5.74) is 1.16. The van der Waals surface area contributed by atoms with E-state index in [1.807, 2.05) is 12.1 Å². The molecule has 1 saturated heterocycles. The number of thiazole rings is 1. The van der Waals surface area contributed by atoms with Crippen molar-refractivity contribution >= 4 is 22.9 Å². The lowest BCUT2D eigenvalue weighted by Crippen LogP contribution is -2.33. The van der Waals surface area contributed by atoms with E-state index in [0.29, 0.717) is 11.8 Å². The topological polar surface area (TPSA) is 24.9 Å². The normalized spacial score (nSPS) is 23.5. The summed E-state index contributed by atoms with van der Waals surface area (Å²) in [6.07, 6.45) is 2.75. The maximum atomic E-state index is 13.0. The summed E-state index contributed by atoms with van der Waals surface area (Å²) in [5, 5.41) is 4.49. The predicted molar refractivity (Wildman–Crippen MR) is 76.5 cm³/mol. The number of nitrogens with zero attached hydrogens (tertiary/aromatic N) is 1. The molecule has 1 aliphatic heterocycles. The first-order valence-corrected chi connectivity index (χ1v) is 7.51. The van der Waals surface area contributed by atoms with Crippen molar-refractivity contribution in [3.8, 4) is 0 Å². The zero-order valence-electron chi connectivity index (χ0n) is 10.3. The summed E-state index contributed by atoms with van der Waals surface area (Å²) in [6, 6.07) is 6.79. The molecule has 0 radical (unpaired) electrons. The summed E-state index contributed by atoms with van der Waals surface area (Å²) in [7, 11) is 0. The van der Waals surface area contributed by atoms with Crippen LogP contribution in [0.15, 0.2) is 30.5 Å². The Labute approximate surface area is 120 Å². The van der Waals surface area contributed by atoms with Crippen LogP contribution < -0.4 is 5.32 Å². The molecule has 1 N–H and O–H groups in total. The highest BCUT2D eigenvalue weighted by atomic mass is 35.5. The number of piperidine rings is 1. The van der Waals surface area contributed by atoms with E-state index in [1.165, 1.54) is 12.1 Å². The van der Waals surface area contributed by atoms with E-state index in [-0.39, 0.29) is 5.82 Å². The highest BCUT2D eigenvalue weighted by Crippen LogP contribution is 2.39. The second kappa shape index (κ2) is 5.57. The van der Waals surface area contributed by atoms with Crippen LogP contribution in [0.1, 0.15) is 28.8 Å². The third-order valence-corrected chi connectivity index (χ3v) is 4.84. The SMILES string of the molecule is Fc1ccc(C2CNCCC2c2ncc(Cl)s2)cc1. The molecule has 2 unspecified atom stereocenters. The maximum absolute atomic E-state index is 13.0. The largest absolute Gasteiger partial charge is 0.316 e. The van der Waals surface area contributed by atoms with Gasteiger partial charge in [0.15, 0.2) is 0 Å². The fourth-order valence-electron chi connectivity index (χ4n) is 2.65. The molecule has 1 fully saturated rings. The van der Waals surface area contributed by atoms with Crippen molar-refractivity contribution in [2.75, 3.05) is 13.1 Å². The van der Waals surface area contributed by atoms with Crippen molar-refractivity contribution in [1.29, 1.82) is 0 Å². The summed E-state index contributed by atoms with van der Waals surface area (Å²) >= 11 is 7.53. The molecule has 19 heavy (non-hydrogen) atoms. The van der Waals surface area contributed by atoms with Crippen molar-refractivity contribution in [2.24, 2.45) is 0 Å². The van der Waals surface area contributed by atoms with Crippen molar-refractivity contribution in [1.82, 2.24) is 10.3 Å². The van der Waals surface area contributed by atoms with Crippen molar-refractivity contribution in [3.05, 3.63) is 51.2 Å². The van der Waals surface area contributed by atoms with Gasteiger partial charge in [-0.1, -0.05) is 23.7 Å². The average Bonchev–Trinajstić information content (AvgIpc) is 2.86. The van der Waals surface area contributed by atoms with Gasteiger partial charge in [-0.15, -0.1) is 11.3 Å². The minimum atomic E-state index is -0.193. The van der Waals surface area contributed by atoms with Gasteiger partial charge in [-0.3, -0.25) is 0 Å². The van der Waals surface area contributed by atoms with Crippen LogP contribution in [0.5, 0.6) is 0 Å². The molecule has 2 heterocycles. The van der Waals surface area contributed by atoms with Gasteiger partial charge in [-0.2, -0.15) is 0 Å². The molecule has 5 heteroatoms. The van der Waals surface area contributed by atoms with Crippen molar-refractivity contribution in [3.63, 3.8) is 0 Å². The molecule has 2 atom stereocenters. The number of aromatic nitrogens is 1. The van der Waals surface area contributed by atoms with Crippen LogP contribution in [0.2, 0.25) is 4.34 Å². The smallest absolute Gasteiger partial charge is 0.123 e. The molecule has 0 amide bonds. The van der Waals surface area contributed by atoms with Crippen LogP contribution >= 0.6 is 22.9 Å². The number of hydrogen-bond acceptors (Lipinski definition) is 3. The van der Waals surface area contributed by atoms with Gasteiger partial charge in [0.2, 0.25) is 0 Å². The summed E-state index contributed by atoms with van der Waals surface area (Å²) < 4.78 is 13.8. The van der Waals surface area contributed by atoms with E-state index < -0.39 is 0 Å². The van der Waals surface area contributed by atoms with E-state index in [4.69, 9.17) is 11.6 Å². The van der Waals surface area contributed by atoms with Gasteiger partial charge in [0, 0.05) is 18.4 Å². The molecular formula is C14H14ClFN2S. The molecule has 0 saturated carbocycles. The lowest BCUT2D eigenvalue weighted by molar-refractivity contribution is 0.403. The first-order valence-electron chi connectivity index (χ1n) is 6.31. The van der Waals surface area contributed by atoms with Gasteiger partial charge in [0.1, 0.15) is 10.2 Å². The van der Waals surface area contributed by atoms with Crippen LogP contribution in [0, 0.1) is 5.82 Å². The number of hydrogen-bond donors (Lipinski definition) is 1. The van der Waals surface area contributed by atoms with Gasteiger partial charge in [0.25, 0.3) is 0 Å². The first kappa shape index (κ1) is 13.0. The molecule has 0 aliphatic carbocycles. The minimum absolute atomic E-state index is 0.193. The third-order valence-electron chi connectivity index (χ3n) is 3.59. The molecule has 2 nitrogen and oxygen atoms in total. The molecule has 1 aromatic carbocycles. The van der Waals surface area contributed by atoms with Gasteiger partial charge >= 0.3 is 0 Å². The van der Waals surface area contributed by atoms with Crippen molar-refractivity contribution < 1.29 is 4.39 Å². The van der Waals surface area contributed by atoms with Crippen LogP contribution in [0.3, 0.4) is 0 Å². The number of benzene rings is 1. The Morgan fingerprint density at radius 2 is 2.05 bits per heavy atom. The number of rotatable bonds is 2. The fraction of sp³-hybridized carbons (Fsp3) is 0.357. The quantitative estimate of drug-likeness (QED) is 0.912. The monoisotopic (exact) mass is 296 g/mol.